The van der Waals surface area contributed by atoms with Crippen LogP contribution in [0.15, 0.2) is 91.3 Å². The van der Waals surface area contributed by atoms with Crippen molar-refractivity contribution >= 4 is 23.2 Å². The number of nitrogen functional groups attached to an aromatic ring is 1. The zero-order chi connectivity index (χ0) is 23.8. The number of hydrazine groups is 1. The summed E-state index contributed by atoms with van der Waals surface area (Å²) in [5.41, 5.74) is 15.0. The molecular formula is C26H26N6O2. The molecule has 8 nitrogen and oxygen atoms in total. The Morgan fingerprint density at radius 3 is 2.06 bits per heavy atom. The Kier molecular flexibility index (Phi) is 7.19. The number of hydrogen-bond acceptors (Lipinski definition) is 7. The number of methoxy groups -OCH3 is 1. The lowest BCUT2D eigenvalue weighted by Crippen LogP contribution is -2.35. The molecule has 0 saturated carbocycles. The maximum absolute atomic E-state index is 13.2. The van der Waals surface area contributed by atoms with E-state index in [9.17, 15) is 4.79 Å². The molecule has 1 aromatic heterocycles. The van der Waals surface area contributed by atoms with Crippen LogP contribution in [0.25, 0.3) is 0 Å². The summed E-state index contributed by atoms with van der Waals surface area (Å²) < 4.78 is 5.18. The van der Waals surface area contributed by atoms with Crippen LogP contribution in [-0.2, 0) is 11.3 Å². The first-order chi connectivity index (χ1) is 16.7. The fraction of sp³-hybridized carbons (Fsp3) is 0.115. The minimum absolute atomic E-state index is 0.233. The predicted octanol–water partition coefficient (Wildman–Crippen LogP) is 3.95. The zero-order valence-corrected chi connectivity index (χ0v) is 18.7. The predicted molar refractivity (Wildman–Crippen MR) is 133 cm³/mol. The number of nitrogens with two attached hydrogens (primary N) is 1. The van der Waals surface area contributed by atoms with E-state index >= 15 is 0 Å². The molecule has 172 valence electrons. The van der Waals surface area contributed by atoms with Crippen LogP contribution in [-0.4, -0.2) is 23.0 Å². The molecule has 0 spiro atoms. The number of aromatic nitrogens is 2. The first kappa shape index (κ1) is 22.6. The van der Waals surface area contributed by atoms with Crippen LogP contribution >= 0.6 is 0 Å². The van der Waals surface area contributed by atoms with Crippen molar-refractivity contribution < 1.29 is 9.53 Å². The summed E-state index contributed by atoms with van der Waals surface area (Å²) in [5, 5.41) is 3.20. The summed E-state index contributed by atoms with van der Waals surface area (Å²) in [6, 6.07) is 26.9. The molecule has 3 aromatic carbocycles. The number of carbonyl (C=O) groups excluding carboxylic acids is 1. The molecule has 0 aliphatic heterocycles. The van der Waals surface area contributed by atoms with Crippen LogP contribution in [0.1, 0.15) is 22.6 Å². The molecule has 0 radical (unpaired) electrons. The van der Waals surface area contributed by atoms with Crippen molar-refractivity contribution in [1.29, 1.82) is 0 Å². The smallest absolute Gasteiger partial charge is 0.250 e. The lowest BCUT2D eigenvalue weighted by Gasteiger charge is -2.19. The van der Waals surface area contributed by atoms with Crippen LogP contribution in [0, 0.1) is 0 Å². The number of ether oxygens (including phenoxy) is 1. The fourth-order valence-electron chi connectivity index (χ4n) is 3.54. The number of hydrogen-bond donors (Lipinski definition) is 4. The van der Waals surface area contributed by atoms with E-state index in [0.717, 1.165) is 22.4 Å². The number of carbonyl (C=O) groups is 1. The van der Waals surface area contributed by atoms with E-state index in [-0.39, 0.29) is 5.91 Å². The van der Waals surface area contributed by atoms with Gasteiger partial charge in [-0.25, -0.2) is 9.97 Å². The third-order valence-corrected chi connectivity index (χ3v) is 5.34. The quantitative estimate of drug-likeness (QED) is 0.283. The average molecular weight is 455 g/mol. The van der Waals surface area contributed by atoms with Crippen molar-refractivity contribution in [1.82, 2.24) is 15.4 Å². The lowest BCUT2D eigenvalue weighted by molar-refractivity contribution is -0.121. The third-order valence-electron chi connectivity index (χ3n) is 5.34. The van der Waals surface area contributed by atoms with E-state index in [1.165, 1.54) is 6.33 Å². The van der Waals surface area contributed by atoms with Gasteiger partial charge in [0.2, 0.25) is 5.91 Å². The number of rotatable bonds is 9. The Morgan fingerprint density at radius 1 is 0.882 bits per heavy atom. The Bertz CT molecular complexity index is 1180. The highest BCUT2D eigenvalue weighted by atomic mass is 16.5. The van der Waals surface area contributed by atoms with Gasteiger partial charge in [0.15, 0.2) is 11.6 Å². The molecule has 0 atom stereocenters. The zero-order valence-electron chi connectivity index (χ0n) is 18.7. The van der Waals surface area contributed by atoms with Crippen molar-refractivity contribution in [2.75, 3.05) is 23.6 Å². The van der Waals surface area contributed by atoms with Crippen LogP contribution in [0.5, 0.6) is 5.75 Å². The van der Waals surface area contributed by atoms with Crippen molar-refractivity contribution in [3.8, 4) is 5.75 Å². The SMILES string of the molecule is COc1ccc(CNc2ncnc(NNC(=O)C(c3ccccc3)c3ccccc3)c2N)cc1. The minimum atomic E-state index is -0.495. The van der Waals surface area contributed by atoms with Crippen molar-refractivity contribution in [2.45, 2.75) is 12.5 Å². The fourth-order valence-corrected chi connectivity index (χ4v) is 3.54. The second-order valence-electron chi connectivity index (χ2n) is 7.55. The standard InChI is InChI=1S/C26H26N6O2/c1-34-21-14-12-18(13-15-21)16-28-24-23(27)25(30-17-29-24)31-32-26(33)22(19-8-4-2-5-9-19)20-10-6-3-7-11-20/h2-15,17,22H,16,27H2,1H3,(H,32,33)(H2,28,29,30,31). The molecule has 0 aliphatic carbocycles. The van der Waals surface area contributed by atoms with Crippen LogP contribution in [0.3, 0.4) is 0 Å². The largest absolute Gasteiger partial charge is 0.497 e. The van der Waals surface area contributed by atoms with Gasteiger partial charge in [-0.1, -0.05) is 72.8 Å². The molecule has 4 aromatic rings. The number of nitrogens with zero attached hydrogens (tertiary/aromatic N) is 2. The monoisotopic (exact) mass is 454 g/mol. The molecule has 0 aliphatic rings. The summed E-state index contributed by atoms with van der Waals surface area (Å²) >= 11 is 0. The van der Waals surface area contributed by atoms with Gasteiger partial charge in [-0.05, 0) is 28.8 Å². The van der Waals surface area contributed by atoms with Gasteiger partial charge >= 0.3 is 0 Å². The summed E-state index contributed by atoms with van der Waals surface area (Å²) in [6.07, 6.45) is 1.38. The van der Waals surface area contributed by atoms with Gasteiger partial charge in [-0.15, -0.1) is 0 Å². The van der Waals surface area contributed by atoms with Crippen LogP contribution < -0.4 is 26.6 Å². The first-order valence-corrected chi connectivity index (χ1v) is 10.8. The highest BCUT2D eigenvalue weighted by Crippen LogP contribution is 2.26. The molecule has 0 saturated heterocycles. The summed E-state index contributed by atoms with van der Waals surface area (Å²) in [7, 11) is 1.63. The van der Waals surface area contributed by atoms with Gasteiger partial charge in [-0.2, -0.15) is 0 Å². The van der Waals surface area contributed by atoms with Crippen LogP contribution in [0.4, 0.5) is 17.3 Å². The molecule has 0 bridgehead atoms. The maximum atomic E-state index is 13.2. The van der Waals surface area contributed by atoms with E-state index in [2.05, 4.69) is 26.1 Å². The molecule has 4 rings (SSSR count). The van der Waals surface area contributed by atoms with Gasteiger partial charge in [0, 0.05) is 6.54 Å². The molecule has 0 unspecified atom stereocenters. The van der Waals surface area contributed by atoms with Crippen molar-refractivity contribution in [3.05, 3.63) is 108 Å². The molecule has 8 heteroatoms. The molecular weight excluding hydrogens is 428 g/mol. The van der Waals surface area contributed by atoms with E-state index in [4.69, 9.17) is 10.5 Å². The van der Waals surface area contributed by atoms with Gasteiger partial charge in [0.25, 0.3) is 0 Å². The van der Waals surface area contributed by atoms with Crippen LogP contribution in [0.2, 0.25) is 0 Å². The summed E-state index contributed by atoms with van der Waals surface area (Å²) in [4.78, 5) is 21.6. The number of anilines is 3. The molecule has 1 amide bonds. The third kappa shape index (κ3) is 5.42. The number of benzene rings is 3. The average Bonchev–Trinajstić information content (AvgIpc) is 2.89. The second kappa shape index (κ2) is 10.8. The van der Waals surface area contributed by atoms with Crippen molar-refractivity contribution in [3.63, 3.8) is 0 Å². The van der Waals surface area contributed by atoms with E-state index < -0.39 is 5.92 Å². The highest BCUT2D eigenvalue weighted by molar-refractivity contribution is 5.88. The van der Waals surface area contributed by atoms with E-state index in [1.54, 1.807) is 7.11 Å². The summed E-state index contributed by atoms with van der Waals surface area (Å²) in [6.45, 7) is 0.515. The van der Waals surface area contributed by atoms with Gasteiger partial charge < -0.3 is 15.8 Å². The van der Waals surface area contributed by atoms with Gasteiger partial charge in [0.1, 0.15) is 17.8 Å². The molecule has 34 heavy (non-hydrogen) atoms. The topological polar surface area (TPSA) is 114 Å². The normalized spacial score (nSPS) is 10.5. The Labute approximate surface area is 198 Å². The first-order valence-electron chi connectivity index (χ1n) is 10.8. The minimum Gasteiger partial charge on any atom is -0.497 e. The Balaban J connectivity index is 1.45. The maximum Gasteiger partial charge on any atom is 0.250 e. The Morgan fingerprint density at radius 2 is 1.47 bits per heavy atom. The van der Waals surface area contributed by atoms with E-state index in [0.29, 0.717) is 23.9 Å². The number of amides is 1. The summed E-state index contributed by atoms with van der Waals surface area (Å²) in [5.74, 6) is 0.830. The lowest BCUT2D eigenvalue weighted by atomic mass is 9.91. The second-order valence-corrected chi connectivity index (χ2v) is 7.55. The van der Waals surface area contributed by atoms with Gasteiger partial charge in [-0.3, -0.25) is 15.6 Å². The van der Waals surface area contributed by atoms with Crippen molar-refractivity contribution in [2.24, 2.45) is 0 Å². The van der Waals surface area contributed by atoms with E-state index in [1.807, 2.05) is 84.9 Å². The molecule has 0 fully saturated rings. The Hall–Kier alpha value is -4.59. The molecule has 5 N–H and O–H groups in total. The van der Waals surface area contributed by atoms with Gasteiger partial charge in [0.05, 0.1) is 13.0 Å². The number of nitrogens with one attached hydrogen (secondary N) is 3. The highest BCUT2D eigenvalue weighted by Gasteiger charge is 2.23. The molecule has 1 heterocycles.